The average Bonchev–Trinajstić information content (AvgIpc) is 2.52. The first-order valence-electron chi connectivity index (χ1n) is 8.53. The zero-order chi connectivity index (χ0) is 17.1. The van der Waals surface area contributed by atoms with Crippen LogP contribution in [0.3, 0.4) is 0 Å². The van der Waals surface area contributed by atoms with E-state index in [2.05, 4.69) is 13.8 Å². The van der Waals surface area contributed by atoms with Crippen LogP contribution < -0.4 is 0 Å². The van der Waals surface area contributed by atoms with Gasteiger partial charge in [-0.05, 0) is 36.6 Å². The van der Waals surface area contributed by atoms with Crippen LogP contribution in [0.15, 0.2) is 24.3 Å². The van der Waals surface area contributed by atoms with E-state index in [1.807, 2.05) is 0 Å². The van der Waals surface area contributed by atoms with Gasteiger partial charge in [0.2, 0.25) is 0 Å². The van der Waals surface area contributed by atoms with Crippen molar-refractivity contribution < 1.29 is 14.3 Å². The van der Waals surface area contributed by atoms with Gasteiger partial charge in [0.1, 0.15) is 0 Å². The molecule has 0 fully saturated rings. The maximum atomic E-state index is 11.8. The van der Waals surface area contributed by atoms with Crippen molar-refractivity contribution in [3.8, 4) is 0 Å². The second-order valence-corrected chi connectivity index (χ2v) is 6.55. The van der Waals surface area contributed by atoms with Crippen molar-refractivity contribution >= 4 is 23.5 Å². The second-order valence-electron chi connectivity index (χ2n) is 6.12. The molecule has 0 aliphatic heterocycles. The molecule has 0 aliphatic carbocycles. The summed E-state index contributed by atoms with van der Waals surface area (Å²) in [4.78, 5) is 23.4. The van der Waals surface area contributed by atoms with E-state index in [0.717, 1.165) is 19.3 Å². The lowest BCUT2D eigenvalue weighted by molar-refractivity contribution is -0.138. The van der Waals surface area contributed by atoms with E-state index in [4.69, 9.17) is 16.3 Å². The van der Waals surface area contributed by atoms with Crippen LogP contribution in [0.25, 0.3) is 0 Å². The smallest absolute Gasteiger partial charge is 0.345 e. The summed E-state index contributed by atoms with van der Waals surface area (Å²) in [5, 5.41) is 0.543. The van der Waals surface area contributed by atoms with Crippen molar-refractivity contribution in [2.75, 3.05) is 0 Å². The number of carbonyl (C=O) groups is 2. The summed E-state index contributed by atoms with van der Waals surface area (Å²) >= 11 is 5.75. The first-order valence-corrected chi connectivity index (χ1v) is 8.91. The topological polar surface area (TPSA) is 43.4 Å². The Morgan fingerprint density at radius 2 is 1.65 bits per heavy atom. The zero-order valence-corrected chi connectivity index (χ0v) is 14.9. The molecule has 0 spiro atoms. The predicted molar refractivity (Wildman–Crippen MR) is 93.6 cm³/mol. The summed E-state index contributed by atoms with van der Waals surface area (Å²) in [5.74, 6) is -0.364. The summed E-state index contributed by atoms with van der Waals surface area (Å²) in [6.45, 7) is 4.47. The van der Waals surface area contributed by atoms with Crippen LogP contribution in [-0.4, -0.2) is 11.9 Å². The van der Waals surface area contributed by atoms with Crippen molar-refractivity contribution in [2.45, 2.75) is 65.2 Å². The van der Waals surface area contributed by atoms with E-state index in [1.54, 1.807) is 24.3 Å². The Hall–Kier alpha value is -1.35. The Kier molecular flexibility index (Phi) is 9.61. The highest BCUT2D eigenvalue weighted by Gasteiger charge is 2.12. The molecule has 0 aromatic heterocycles. The molecule has 23 heavy (non-hydrogen) atoms. The maximum Gasteiger partial charge on any atom is 0.345 e. The van der Waals surface area contributed by atoms with Crippen molar-refractivity contribution in [1.82, 2.24) is 0 Å². The molecule has 128 valence electrons. The van der Waals surface area contributed by atoms with Gasteiger partial charge in [0.05, 0.1) is 5.56 Å². The fraction of sp³-hybridized carbons (Fsp3) is 0.579. The Morgan fingerprint density at radius 3 is 2.26 bits per heavy atom. The molecule has 3 nitrogen and oxygen atoms in total. The molecule has 0 heterocycles. The lowest BCUT2D eigenvalue weighted by Gasteiger charge is -2.10. The summed E-state index contributed by atoms with van der Waals surface area (Å²) in [5.41, 5.74) is 0.340. The molecular weight excluding hydrogens is 312 g/mol. The maximum absolute atomic E-state index is 11.8. The van der Waals surface area contributed by atoms with Crippen LogP contribution in [0.5, 0.6) is 0 Å². The van der Waals surface area contributed by atoms with E-state index in [-0.39, 0.29) is 0 Å². The SMILES string of the molecule is CCCCCC(C)CCCCC(=O)OC(=O)c1ccc(Cl)cc1. The number of rotatable bonds is 10. The fourth-order valence-electron chi connectivity index (χ4n) is 2.45. The first kappa shape index (κ1) is 19.7. The molecule has 0 saturated heterocycles. The number of hydrogen-bond acceptors (Lipinski definition) is 3. The van der Waals surface area contributed by atoms with Gasteiger partial charge in [-0.25, -0.2) is 4.79 Å². The van der Waals surface area contributed by atoms with Gasteiger partial charge in [-0.2, -0.15) is 0 Å². The molecule has 1 aromatic carbocycles. The van der Waals surface area contributed by atoms with Crippen LogP contribution in [0.1, 0.15) is 75.6 Å². The molecule has 0 N–H and O–H groups in total. The molecule has 0 aliphatic rings. The summed E-state index contributed by atoms with van der Waals surface area (Å²) < 4.78 is 4.84. The first-order chi connectivity index (χ1) is 11.0. The largest absolute Gasteiger partial charge is 0.389 e. The number of halogens is 1. The number of ether oxygens (including phenoxy) is 1. The number of esters is 2. The third kappa shape index (κ3) is 8.75. The summed E-state index contributed by atoms with van der Waals surface area (Å²) in [6.07, 6.45) is 8.28. The summed E-state index contributed by atoms with van der Waals surface area (Å²) in [6, 6.07) is 6.30. The molecule has 0 amide bonds. The number of hydrogen-bond donors (Lipinski definition) is 0. The van der Waals surface area contributed by atoms with Crippen LogP contribution in [0.4, 0.5) is 0 Å². The zero-order valence-electron chi connectivity index (χ0n) is 14.1. The minimum atomic E-state index is -0.611. The quantitative estimate of drug-likeness (QED) is 0.307. The molecule has 1 rings (SSSR count). The second kappa shape index (κ2) is 11.2. The van der Waals surface area contributed by atoms with Gasteiger partial charge in [-0.1, -0.05) is 64.0 Å². The number of benzene rings is 1. The molecule has 1 atom stereocenters. The minimum Gasteiger partial charge on any atom is -0.389 e. The molecule has 1 unspecified atom stereocenters. The predicted octanol–water partition coefficient (Wildman–Crippen LogP) is 5.80. The lowest BCUT2D eigenvalue weighted by atomic mass is 9.97. The average molecular weight is 339 g/mol. The van der Waals surface area contributed by atoms with Crippen molar-refractivity contribution in [3.63, 3.8) is 0 Å². The van der Waals surface area contributed by atoms with Gasteiger partial charge in [-0.15, -0.1) is 0 Å². The Bertz CT molecular complexity index is 482. The van der Waals surface area contributed by atoms with Gasteiger partial charge < -0.3 is 4.74 Å². The van der Waals surface area contributed by atoms with Gasteiger partial charge in [0, 0.05) is 11.4 Å². The minimum absolute atomic E-state index is 0.293. The van der Waals surface area contributed by atoms with Crippen molar-refractivity contribution in [1.29, 1.82) is 0 Å². The fourth-order valence-corrected chi connectivity index (χ4v) is 2.57. The molecule has 1 aromatic rings. The Labute approximate surface area is 144 Å². The van der Waals surface area contributed by atoms with Crippen LogP contribution in [0, 0.1) is 5.92 Å². The van der Waals surface area contributed by atoms with Gasteiger partial charge >= 0.3 is 11.9 Å². The molecule has 4 heteroatoms. The van der Waals surface area contributed by atoms with Crippen molar-refractivity contribution in [2.24, 2.45) is 5.92 Å². The lowest BCUT2D eigenvalue weighted by Crippen LogP contribution is -2.12. The molecule has 0 radical (unpaired) electrons. The highest BCUT2D eigenvalue weighted by Crippen LogP contribution is 2.17. The third-order valence-corrected chi connectivity index (χ3v) is 4.17. The van der Waals surface area contributed by atoms with Crippen molar-refractivity contribution in [3.05, 3.63) is 34.9 Å². The Balaban J connectivity index is 2.16. The van der Waals surface area contributed by atoms with E-state index in [9.17, 15) is 9.59 Å². The van der Waals surface area contributed by atoms with E-state index in [0.29, 0.717) is 22.9 Å². The standard InChI is InChI=1S/C19H27ClO3/c1-3-4-5-8-15(2)9-6-7-10-18(21)23-19(22)16-11-13-17(20)14-12-16/h11-15H,3-10H2,1-2H3. The van der Waals surface area contributed by atoms with E-state index >= 15 is 0 Å². The van der Waals surface area contributed by atoms with Gasteiger partial charge in [0.25, 0.3) is 0 Å². The summed E-state index contributed by atoms with van der Waals surface area (Å²) in [7, 11) is 0. The molecular formula is C19H27ClO3. The van der Waals surface area contributed by atoms with Crippen LogP contribution >= 0.6 is 11.6 Å². The highest BCUT2D eigenvalue weighted by atomic mass is 35.5. The van der Waals surface area contributed by atoms with Crippen LogP contribution in [0.2, 0.25) is 5.02 Å². The number of carbonyl (C=O) groups excluding carboxylic acids is 2. The monoisotopic (exact) mass is 338 g/mol. The Morgan fingerprint density at radius 1 is 1.04 bits per heavy atom. The van der Waals surface area contributed by atoms with E-state index < -0.39 is 11.9 Å². The molecule has 0 saturated carbocycles. The van der Waals surface area contributed by atoms with Crippen LogP contribution in [-0.2, 0) is 9.53 Å². The van der Waals surface area contributed by atoms with Gasteiger partial charge in [-0.3, -0.25) is 4.79 Å². The number of unbranched alkanes of at least 4 members (excludes halogenated alkanes) is 3. The molecule has 0 bridgehead atoms. The third-order valence-electron chi connectivity index (χ3n) is 3.91. The normalized spacial score (nSPS) is 12.0. The van der Waals surface area contributed by atoms with E-state index in [1.165, 1.54) is 25.7 Å². The van der Waals surface area contributed by atoms with Gasteiger partial charge in [0.15, 0.2) is 0 Å². The highest BCUT2D eigenvalue weighted by molar-refractivity contribution is 6.30.